The average molecular weight is 284 g/mol. The molecule has 0 aliphatic heterocycles. The highest BCUT2D eigenvalue weighted by atomic mass is 19.4. The Labute approximate surface area is 111 Å². The molecule has 2 rings (SSSR count). The van der Waals surface area contributed by atoms with E-state index in [4.69, 9.17) is 0 Å². The Hall–Kier alpha value is -2.31. The molecule has 0 radical (unpaired) electrons. The number of alkyl halides is 3. The molecule has 0 N–H and O–H groups in total. The van der Waals surface area contributed by atoms with Crippen molar-refractivity contribution >= 4 is 5.78 Å². The molecule has 0 atom stereocenters. The van der Waals surface area contributed by atoms with Gasteiger partial charge in [-0.1, -0.05) is 0 Å². The number of hydrogen-bond donors (Lipinski definition) is 0. The lowest BCUT2D eigenvalue weighted by Gasteiger charge is -2.05. The second kappa shape index (κ2) is 5.36. The monoisotopic (exact) mass is 284 g/mol. The van der Waals surface area contributed by atoms with Gasteiger partial charge in [-0.05, 0) is 24.3 Å². The summed E-state index contributed by atoms with van der Waals surface area (Å²) < 4.78 is 49.6. The van der Waals surface area contributed by atoms with Crippen LogP contribution in [0.3, 0.4) is 0 Å². The van der Waals surface area contributed by atoms with Crippen LogP contribution < -0.4 is 0 Å². The van der Waals surface area contributed by atoms with Crippen molar-refractivity contribution in [1.29, 1.82) is 0 Å². The summed E-state index contributed by atoms with van der Waals surface area (Å²) in [6, 6.07) is 4.84. The Bertz CT molecular complexity index is 606. The number of Topliss-reactive ketones (excluding diaryl/α,β-unsaturated/α-hetero) is 1. The molecule has 0 spiro atoms. The van der Waals surface area contributed by atoms with Crippen LogP contribution in [-0.2, 0) is 12.6 Å². The van der Waals surface area contributed by atoms with Crippen molar-refractivity contribution < 1.29 is 22.4 Å². The van der Waals surface area contributed by atoms with E-state index >= 15 is 0 Å². The minimum absolute atomic E-state index is 0.0210. The summed E-state index contributed by atoms with van der Waals surface area (Å²) >= 11 is 0. The summed E-state index contributed by atoms with van der Waals surface area (Å²) in [5, 5.41) is 0. The summed E-state index contributed by atoms with van der Waals surface area (Å²) in [4.78, 5) is 18.8. The van der Waals surface area contributed by atoms with E-state index in [1.807, 2.05) is 0 Å². The zero-order chi connectivity index (χ0) is 14.8. The van der Waals surface area contributed by atoms with Crippen molar-refractivity contribution in [1.82, 2.24) is 9.97 Å². The van der Waals surface area contributed by atoms with E-state index in [2.05, 4.69) is 9.97 Å². The lowest BCUT2D eigenvalue weighted by atomic mass is 10.1. The van der Waals surface area contributed by atoms with Gasteiger partial charge in [0.15, 0.2) is 5.78 Å². The van der Waals surface area contributed by atoms with Gasteiger partial charge in [0.25, 0.3) is 0 Å². The second-order valence-corrected chi connectivity index (χ2v) is 3.99. The van der Waals surface area contributed by atoms with Crippen LogP contribution in [-0.4, -0.2) is 15.8 Å². The molecule has 1 heterocycles. The van der Waals surface area contributed by atoms with Crippen molar-refractivity contribution in [2.24, 2.45) is 0 Å². The van der Waals surface area contributed by atoms with Crippen LogP contribution in [0, 0.1) is 5.82 Å². The number of aromatic nitrogens is 2. The predicted octanol–water partition coefficient (Wildman–Crippen LogP) is 3.06. The first-order chi connectivity index (χ1) is 9.36. The van der Waals surface area contributed by atoms with Gasteiger partial charge in [-0.25, -0.2) is 14.4 Å². The van der Waals surface area contributed by atoms with E-state index in [-0.39, 0.29) is 17.8 Å². The zero-order valence-corrected chi connectivity index (χ0v) is 9.99. The Kier molecular flexibility index (Phi) is 3.78. The molecular formula is C13H8F4N2O. The third kappa shape index (κ3) is 3.37. The van der Waals surface area contributed by atoms with Crippen LogP contribution in [0.15, 0.2) is 36.7 Å². The van der Waals surface area contributed by atoms with Crippen molar-refractivity contribution in [2.75, 3.05) is 0 Å². The first kappa shape index (κ1) is 14.1. The number of nitrogens with zero attached hydrogens (tertiary/aromatic N) is 2. The van der Waals surface area contributed by atoms with Gasteiger partial charge in [0.2, 0.25) is 0 Å². The zero-order valence-electron chi connectivity index (χ0n) is 9.99. The first-order valence-electron chi connectivity index (χ1n) is 5.53. The summed E-state index contributed by atoms with van der Waals surface area (Å²) in [6.07, 6.45) is -3.51. The highest BCUT2D eigenvalue weighted by Gasteiger charge is 2.31. The van der Waals surface area contributed by atoms with Crippen LogP contribution in [0.1, 0.15) is 21.7 Å². The Morgan fingerprint density at radius 2 is 1.60 bits per heavy atom. The molecule has 0 amide bonds. The van der Waals surface area contributed by atoms with Crippen LogP contribution in [0.25, 0.3) is 0 Å². The average Bonchev–Trinajstić information content (AvgIpc) is 2.39. The van der Waals surface area contributed by atoms with Gasteiger partial charge in [0.05, 0.1) is 12.0 Å². The maximum absolute atomic E-state index is 12.7. The van der Waals surface area contributed by atoms with E-state index in [1.54, 1.807) is 0 Å². The molecule has 3 nitrogen and oxygen atoms in total. The lowest BCUT2D eigenvalue weighted by molar-refractivity contribution is -0.138. The van der Waals surface area contributed by atoms with E-state index in [0.29, 0.717) is 12.4 Å². The normalized spacial score (nSPS) is 11.4. The maximum Gasteiger partial charge on any atom is 0.419 e. The molecule has 2 aromatic rings. The highest BCUT2D eigenvalue weighted by Crippen LogP contribution is 2.27. The minimum Gasteiger partial charge on any atom is -0.294 e. The molecule has 0 aliphatic rings. The van der Waals surface area contributed by atoms with Gasteiger partial charge in [0, 0.05) is 18.0 Å². The molecular weight excluding hydrogens is 276 g/mol. The van der Waals surface area contributed by atoms with Gasteiger partial charge in [0.1, 0.15) is 11.6 Å². The molecule has 0 saturated carbocycles. The van der Waals surface area contributed by atoms with Crippen LogP contribution in [0.4, 0.5) is 17.6 Å². The number of halogens is 4. The number of carbonyl (C=O) groups excluding carboxylic acids is 1. The van der Waals surface area contributed by atoms with E-state index in [9.17, 15) is 22.4 Å². The third-order valence-corrected chi connectivity index (χ3v) is 2.52. The topological polar surface area (TPSA) is 42.9 Å². The van der Waals surface area contributed by atoms with Gasteiger partial charge < -0.3 is 0 Å². The van der Waals surface area contributed by atoms with E-state index in [1.165, 1.54) is 12.1 Å². The maximum atomic E-state index is 12.7. The summed E-state index contributed by atoms with van der Waals surface area (Å²) in [7, 11) is 0. The Morgan fingerprint density at radius 3 is 2.10 bits per heavy atom. The predicted molar refractivity (Wildman–Crippen MR) is 61.5 cm³/mol. The number of rotatable bonds is 3. The number of benzene rings is 1. The van der Waals surface area contributed by atoms with Crippen molar-refractivity contribution in [3.05, 3.63) is 59.4 Å². The van der Waals surface area contributed by atoms with Crippen LogP contribution in [0.2, 0.25) is 0 Å². The Balaban J connectivity index is 2.10. The Morgan fingerprint density at radius 1 is 1.05 bits per heavy atom. The van der Waals surface area contributed by atoms with Gasteiger partial charge >= 0.3 is 6.18 Å². The fourth-order valence-corrected chi connectivity index (χ4v) is 1.47. The fourth-order valence-electron chi connectivity index (χ4n) is 1.47. The largest absolute Gasteiger partial charge is 0.419 e. The van der Waals surface area contributed by atoms with Crippen LogP contribution >= 0.6 is 0 Å². The first-order valence-corrected chi connectivity index (χ1v) is 5.53. The number of carbonyl (C=O) groups is 1. The van der Waals surface area contributed by atoms with E-state index < -0.39 is 23.3 Å². The number of hydrogen-bond acceptors (Lipinski definition) is 3. The van der Waals surface area contributed by atoms with Gasteiger partial charge in [-0.2, -0.15) is 13.2 Å². The van der Waals surface area contributed by atoms with Crippen molar-refractivity contribution in [3.63, 3.8) is 0 Å². The highest BCUT2D eigenvalue weighted by molar-refractivity contribution is 5.97. The molecule has 0 unspecified atom stereocenters. The van der Waals surface area contributed by atoms with Crippen molar-refractivity contribution in [3.8, 4) is 0 Å². The standard InChI is InChI=1S/C13H8F4N2O/c14-10-3-1-8(2-4-10)11(20)5-12-18-6-9(7-19-12)13(15,16)17/h1-4,6-7H,5H2. The van der Waals surface area contributed by atoms with Gasteiger partial charge in [-0.3, -0.25) is 4.79 Å². The van der Waals surface area contributed by atoms with Crippen LogP contribution in [0.5, 0.6) is 0 Å². The minimum atomic E-state index is -4.51. The lowest BCUT2D eigenvalue weighted by Crippen LogP contribution is -2.10. The smallest absolute Gasteiger partial charge is 0.294 e. The molecule has 0 fully saturated rings. The summed E-state index contributed by atoms with van der Waals surface area (Å²) in [6.45, 7) is 0. The van der Waals surface area contributed by atoms with E-state index in [0.717, 1.165) is 12.1 Å². The molecule has 0 aliphatic carbocycles. The van der Waals surface area contributed by atoms with Crippen molar-refractivity contribution in [2.45, 2.75) is 12.6 Å². The number of ketones is 1. The molecule has 0 saturated heterocycles. The third-order valence-electron chi connectivity index (χ3n) is 2.52. The SMILES string of the molecule is O=C(Cc1ncc(C(F)(F)F)cn1)c1ccc(F)cc1. The molecule has 1 aromatic carbocycles. The summed E-state index contributed by atoms with van der Waals surface area (Å²) in [5.41, 5.74) is -0.731. The molecule has 20 heavy (non-hydrogen) atoms. The molecule has 1 aromatic heterocycles. The molecule has 7 heteroatoms. The second-order valence-electron chi connectivity index (χ2n) is 3.99. The van der Waals surface area contributed by atoms with Gasteiger partial charge in [-0.15, -0.1) is 0 Å². The molecule has 104 valence electrons. The summed E-state index contributed by atoms with van der Waals surface area (Å²) in [5.74, 6) is -0.899. The quantitative estimate of drug-likeness (QED) is 0.642. The fraction of sp³-hybridized carbons (Fsp3) is 0.154. The molecule has 0 bridgehead atoms.